The first-order chi connectivity index (χ1) is 14.9. The third kappa shape index (κ3) is 4.68. The number of amides is 1. The van der Waals surface area contributed by atoms with Crippen LogP contribution in [0.15, 0.2) is 37.2 Å². The van der Waals surface area contributed by atoms with E-state index in [4.69, 9.17) is 4.74 Å². The number of carbonyl (C=O) groups excluding carboxylic acids is 1. The molecule has 31 heavy (non-hydrogen) atoms. The zero-order valence-electron chi connectivity index (χ0n) is 17.1. The molecule has 0 unspecified atom stereocenters. The molecule has 0 saturated carbocycles. The van der Waals surface area contributed by atoms with Gasteiger partial charge in [-0.05, 0) is 31.9 Å². The molecule has 0 aromatic carbocycles. The average Bonchev–Trinajstić information content (AvgIpc) is 3.46. The lowest BCUT2D eigenvalue weighted by Crippen LogP contribution is -2.38. The molecule has 164 valence electrons. The molecule has 1 amide bonds. The maximum atomic E-state index is 13.0. The zero-order valence-corrected chi connectivity index (χ0v) is 17.9. The molecule has 1 aliphatic heterocycles. The summed E-state index contributed by atoms with van der Waals surface area (Å²) in [5, 5.41) is 4.42. The standard InChI is InChI=1S/C21H23F2N5O2S/c1-3-19(29)28-7-4-5-14(28)12-30-20-15-6-8-27(11-17(22)23)16(15)9-18(25-20)26-21-24-10-13(2)31-21/h3,6,8-10,14,17H,1,4-5,7,11-12H2,2H3,(H,24,25,26)/t14-/m1/s1. The number of likely N-dealkylation sites (tertiary alicyclic amines) is 1. The molecule has 1 N–H and O–H groups in total. The number of halogens is 2. The first-order valence-corrected chi connectivity index (χ1v) is 10.8. The summed E-state index contributed by atoms with van der Waals surface area (Å²) in [5.74, 6) is 0.664. The van der Waals surface area contributed by atoms with Crippen LogP contribution in [0.25, 0.3) is 10.9 Å². The van der Waals surface area contributed by atoms with Crippen molar-refractivity contribution in [2.75, 3.05) is 18.5 Å². The molecule has 1 atom stereocenters. The van der Waals surface area contributed by atoms with Crippen molar-refractivity contribution in [1.29, 1.82) is 0 Å². The second-order valence-electron chi connectivity index (χ2n) is 7.35. The van der Waals surface area contributed by atoms with E-state index in [1.807, 2.05) is 6.92 Å². The van der Waals surface area contributed by atoms with Crippen molar-refractivity contribution < 1.29 is 18.3 Å². The Morgan fingerprint density at radius 2 is 2.35 bits per heavy atom. The van der Waals surface area contributed by atoms with Crippen LogP contribution in [0.5, 0.6) is 5.88 Å². The smallest absolute Gasteiger partial charge is 0.256 e. The number of anilines is 2. The van der Waals surface area contributed by atoms with Gasteiger partial charge in [0, 0.05) is 29.9 Å². The lowest BCUT2D eigenvalue weighted by Gasteiger charge is -2.23. The summed E-state index contributed by atoms with van der Waals surface area (Å²) in [6.07, 6.45) is 3.89. The number of aromatic nitrogens is 3. The van der Waals surface area contributed by atoms with Crippen LogP contribution >= 0.6 is 11.3 Å². The summed E-state index contributed by atoms with van der Waals surface area (Å²) in [4.78, 5) is 23.7. The van der Waals surface area contributed by atoms with E-state index >= 15 is 0 Å². The summed E-state index contributed by atoms with van der Waals surface area (Å²) in [5.41, 5.74) is 0.589. The van der Waals surface area contributed by atoms with Gasteiger partial charge in [0.2, 0.25) is 11.8 Å². The molecule has 4 rings (SSSR count). The van der Waals surface area contributed by atoms with Crippen LogP contribution < -0.4 is 10.1 Å². The molecule has 1 saturated heterocycles. The fourth-order valence-corrected chi connectivity index (χ4v) is 4.42. The molecule has 3 aromatic rings. The Morgan fingerprint density at radius 3 is 3.06 bits per heavy atom. The summed E-state index contributed by atoms with van der Waals surface area (Å²) >= 11 is 1.47. The number of nitrogens with zero attached hydrogens (tertiary/aromatic N) is 4. The van der Waals surface area contributed by atoms with Gasteiger partial charge in [0.25, 0.3) is 6.43 Å². The first-order valence-electron chi connectivity index (χ1n) is 9.98. The van der Waals surface area contributed by atoms with Gasteiger partial charge in [0.05, 0.1) is 23.5 Å². The van der Waals surface area contributed by atoms with Crippen LogP contribution in [0.2, 0.25) is 0 Å². The normalized spacial score (nSPS) is 16.3. The molecule has 0 radical (unpaired) electrons. The van der Waals surface area contributed by atoms with Gasteiger partial charge in [0.15, 0.2) is 5.13 Å². The minimum absolute atomic E-state index is 0.0799. The zero-order chi connectivity index (χ0) is 22.0. The number of aryl methyl sites for hydroxylation is 1. The van der Waals surface area contributed by atoms with Crippen molar-refractivity contribution in [3.05, 3.63) is 42.1 Å². The number of alkyl halides is 2. The Hall–Kier alpha value is -3.01. The van der Waals surface area contributed by atoms with Gasteiger partial charge in [0.1, 0.15) is 12.4 Å². The predicted molar refractivity (Wildman–Crippen MR) is 116 cm³/mol. The minimum Gasteiger partial charge on any atom is -0.475 e. The monoisotopic (exact) mass is 447 g/mol. The van der Waals surface area contributed by atoms with E-state index in [0.717, 1.165) is 17.7 Å². The van der Waals surface area contributed by atoms with Gasteiger partial charge in [-0.1, -0.05) is 6.58 Å². The fraction of sp³-hybridized carbons (Fsp3) is 0.381. The number of hydrogen-bond donors (Lipinski definition) is 1. The van der Waals surface area contributed by atoms with Crippen LogP contribution in [0, 0.1) is 6.92 Å². The van der Waals surface area contributed by atoms with Crippen LogP contribution in [-0.4, -0.2) is 51.0 Å². The molecule has 3 aromatic heterocycles. The second-order valence-corrected chi connectivity index (χ2v) is 8.58. The lowest BCUT2D eigenvalue weighted by atomic mass is 10.2. The van der Waals surface area contributed by atoms with E-state index < -0.39 is 13.0 Å². The molecular formula is C21H23F2N5O2S. The fourth-order valence-electron chi connectivity index (χ4n) is 3.75. The van der Waals surface area contributed by atoms with E-state index in [-0.39, 0.29) is 18.6 Å². The maximum Gasteiger partial charge on any atom is 0.256 e. The number of pyridine rings is 1. The van der Waals surface area contributed by atoms with Crippen LogP contribution in [0.1, 0.15) is 17.7 Å². The SMILES string of the molecule is C=CC(=O)N1CCC[C@@H]1COc1nc(Nc2ncc(C)s2)cc2c1ccn2CC(F)F. The Labute approximate surface area is 182 Å². The summed E-state index contributed by atoms with van der Waals surface area (Å²) < 4.78 is 33.6. The van der Waals surface area contributed by atoms with Gasteiger partial charge >= 0.3 is 0 Å². The summed E-state index contributed by atoms with van der Waals surface area (Å²) in [7, 11) is 0. The van der Waals surface area contributed by atoms with E-state index in [0.29, 0.717) is 34.3 Å². The van der Waals surface area contributed by atoms with E-state index in [1.54, 1.807) is 29.4 Å². The predicted octanol–water partition coefficient (Wildman–Crippen LogP) is 4.37. The number of fused-ring (bicyclic) bond motifs is 1. The van der Waals surface area contributed by atoms with E-state index in [1.165, 1.54) is 22.0 Å². The highest BCUT2D eigenvalue weighted by atomic mass is 32.1. The quantitative estimate of drug-likeness (QED) is 0.520. The van der Waals surface area contributed by atoms with E-state index in [9.17, 15) is 13.6 Å². The molecule has 7 nitrogen and oxygen atoms in total. The molecule has 0 bridgehead atoms. The number of thiazole rings is 1. The molecule has 10 heteroatoms. The Bertz CT molecular complexity index is 1100. The van der Waals surface area contributed by atoms with Crippen molar-refractivity contribution in [2.45, 2.75) is 38.8 Å². The van der Waals surface area contributed by atoms with Gasteiger partial charge < -0.3 is 19.5 Å². The first kappa shape index (κ1) is 21.2. The second kappa shape index (κ2) is 9.01. The maximum absolute atomic E-state index is 13.0. The van der Waals surface area contributed by atoms with Crippen LogP contribution in [0.4, 0.5) is 19.7 Å². The van der Waals surface area contributed by atoms with Crippen molar-refractivity contribution in [3.8, 4) is 5.88 Å². The lowest BCUT2D eigenvalue weighted by molar-refractivity contribution is -0.127. The highest BCUT2D eigenvalue weighted by Gasteiger charge is 2.28. The Morgan fingerprint density at radius 1 is 1.52 bits per heavy atom. The highest BCUT2D eigenvalue weighted by Crippen LogP contribution is 2.31. The third-order valence-electron chi connectivity index (χ3n) is 5.17. The number of carbonyl (C=O) groups is 1. The number of rotatable bonds is 8. The highest BCUT2D eigenvalue weighted by molar-refractivity contribution is 7.15. The molecule has 1 fully saturated rings. The van der Waals surface area contributed by atoms with Gasteiger partial charge in [-0.25, -0.2) is 13.8 Å². The van der Waals surface area contributed by atoms with Gasteiger partial charge in [-0.15, -0.1) is 11.3 Å². The Balaban J connectivity index is 1.63. The van der Waals surface area contributed by atoms with E-state index in [2.05, 4.69) is 21.9 Å². The molecule has 0 aliphatic carbocycles. The van der Waals surface area contributed by atoms with Crippen molar-refractivity contribution in [1.82, 2.24) is 19.4 Å². The molecule has 4 heterocycles. The largest absolute Gasteiger partial charge is 0.475 e. The van der Waals surface area contributed by atoms with Gasteiger partial charge in [-0.3, -0.25) is 4.79 Å². The molecule has 0 spiro atoms. The Kier molecular flexibility index (Phi) is 6.17. The number of hydrogen-bond acceptors (Lipinski definition) is 6. The van der Waals surface area contributed by atoms with Crippen molar-refractivity contribution in [2.24, 2.45) is 0 Å². The van der Waals surface area contributed by atoms with Crippen LogP contribution in [-0.2, 0) is 11.3 Å². The summed E-state index contributed by atoms with van der Waals surface area (Å²) in [6, 6.07) is 3.35. The molecular weight excluding hydrogens is 424 g/mol. The van der Waals surface area contributed by atoms with Crippen molar-refractivity contribution in [3.63, 3.8) is 0 Å². The summed E-state index contributed by atoms with van der Waals surface area (Å²) in [6.45, 7) is 6.01. The van der Waals surface area contributed by atoms with Crippen LogP contribution in [0.3, 0.4) is 0 Å². The topological polar surface area (TPSA) is 72.3 Å². The number of ether oxygens (including phenoxy) is 1. The number of nitrogens with one attached hydrogen (secondary N) is 1. The van der Waals surface area contributed by atoms with Gasteiger partial charge in [-0.2, -0.15) is 4.98 Å². The van der Waals surface area contributed by atoms with Crippen molar-refractivity contribution >= 4 is 39.1 Å². The molecule has 1 aliphatic rings. The average molecular weight is 448 g/mol. The third-order valence-corrected chi connectivity index (χ3v) is 6.00. The minimum atomic E-state index is -2.48.